The van der Waals surface area contributed by atoms with Crippen LogP contribution in [0.4, 0.5) is 0 Å². The van der Waals surface area contributed by atoms with Crippen molar-refractivity contribution < 1.29 is 24.2 Å². The van der Waals surface area contributed by atoms with Gasteiger partial charge in [-0.1, -0.05) is 0 Å². The number of rotatable bonds is 6. The van der Waals surface area contributed by atoms with Gasteiger partial charge in [0.05, 0.1) is 6.61 Å². The Morgan fingerprint density at radius 1 is 1.53 bits per heavy atom. The van der Waals surface area contributed by atoms with Crippen molar-refractivity contribution in [2.24, 2.45) is 5.10 Å². The average Bonchev–Trinajstić information content (AvgIpc) is 2.31. The molecule has 1 atom stereocenters. The normalized spacial score (nSPS) is 16.8. The van der Waals surface area contributed by atoms with Gasteiger partial charge in [-0.2, -0.15) is 5.10 Å². The standard InChI is InChI=1S/C11H17N3O5/c1-7(6-19-2)12-9(15)5-14-10(16)4-3-8(13-14)11(17)18/h7H,3-6H2,1-2H3,(H,12,15)(H,17,18). The van der Waals surface area contributed by atoms with E-state index in [9.17, 15) is 14.4 Å². The summed E-state index contributed by atoms with van der Waals surface area (Å²) in [5.41, 5.74) is -0.114. The van der Waals surface area contributed by atoms with E-state index in [1.165, 1.54) is 7.11 Å². The van der Waals surface area contributed by atoms with Crippen molar-refractivity contribution in [3.05, 3.63) is 0 Å². The van der Waals surface area contributed by atoms with Gasteiger partial charge in [-0.3, -0.25) is 9.59 Å². The zero-order valence-electron chi connectivity index (χ0n) is 10.9. The molecule has 1 unspecified atom stereocenters. The second kappa shape index (κ2) is 6.83. The van der Waals surface area contributed by atoms with Gasteiger partial charge in [0.1, 0.15) is 12.3 Å². The summed E-state index contributed by atoms with van der Waals surface area (Å²) in [5.74, 6) is -1.95. The number of aliphatic carboxylic acids is 1. The number of carbonyl (C=O) groups excluding carboxylic acids is 2. The van der Waals surface area contributed by atoms with Crippen molar-refractivity contribution in [1.82, 2.24) is 10.3 Å². The number of nitrogens with one attached hydrogen (secondary N) is 1. The molecule has 0 aliphatic carbocycles. The predicted molar refractivity (Wildman–Crippen MR) is 65.5 cm³/mol. The molecule has 0 fully saturated rings. The largest absolute Gasteiger partial charge is 0.477 e. The molecule has 0 saturated carbocycles. The molecule has 8 nitrogen and oxygen atoms in total. The zero-order chi connectivity index (χ0) is 14.4. The minimum atomic E-state index is -1.18. The fraction of sp³-hybridized carbons (Fsp3) is 0.636. The number of carboxylic acids is 1. The van der Waals surface area contributed by atoms with Crippen LogP contribution in [0, 0.1) is 0 Å². The van der Waals surface area contributed by atoms with Crippen LogP contribution in [0.2, 0.25) is 0 Å². The Balaban J connectivity index is 2.59. The van der Waals surface area contributed by atoms with Crippen LogP contribution >= 0.6 is 0 Å². The van der Waals surface area contributed by atoms with Gasteiger partial charge in [-0.15, -0.1) is 0 Å². The number of carbonyl (C=O) groups is 3. The maximum Gasteiger partial charge on any atom is 0.352 e. The Bertz CT molecular complexity index is 407. The summed E-state index contributed by atoms with van der Waals surface area (Å²) in [6.07, 6.45) is 0.137. The van der Waals surface area contributed by atoms with E-state index < -0.39 is 11.9 Å². The predicted octanol–water partition coefficient (Wildman–Crippen LogP) is -0.799. The third-order valence-electron chi connectivity index (χ3n) is 2.47. The van der Waals surface area contributed by atoms with Gasteiger partial charge in [0.25, 0.3) is 0 Å². The van der Waals surface area contributed by atoms with Crippen molar-refractivity contribution in [1.29, 1.82) is 0 Å². The molecule has 0 aromatic heterocycles. The molecule has 8 heteroatoms. The highest BCUT2D eigenvalue weighted by Gasteiger charge is 2.25. The second-order valence-corrected chi connectivity index (χ2v) is 4.23. The van der Waals surface area contributed by atoms with Crippen molar-refractivity contribution >= 4 is 23.5 Å². The quantitative estimate of drug-likeness (QED) is 0.657. The summed E-state index contributed by atoms with van der Waals surface area (Å²) in [5, 5.41) is 16.0. The van der Waals surface area contributed by atoms with Crippen molar-refractivity contribution in [2.75, 3.05) is 20.3 Å². The van der Waals surface area contributed by atoms with E-state index in [0.717, 1.165) is 5.01 Å². The molecular formula is C11H17N3O5. The van der Waals surface area contributed by atoms with Crippen LogP contribution in [0.25, 0.3) is 0 Å². The van der Waals surface area contributed by atoms with Crippen LogP contribution in [-0.4, -0.2) is 59.9 Å². The molecule has 1 rings (SSSR count). The fourth-order valence-electron chi connectivity index (χ4n) is 1.63. The molecule has 1 aliphatic heterocycles. The average molecular weight is 271 g/mol. The van der Waals surface area contributed by atoms with Gasteiger partial charge >= 0.3 is 5.97 Å². The molecule has 106 valence electrons. The molecule has 1 aliphatic rings. The Morgan fingerprint density at radius 2 is 2.21 bits per heavy atom. The molecule has 1 heterocycles. The highest BCUT2D eigenvalue weighted by Crippen LogP contribution is 2.09. The smallest absolute Gasteiger partial charge is 0.352 e. The number of hydrogen-bond acceptors (Lipinski definition) is 5. The third kappa shape index (κ3) is 4.66. The SMILES string of the molecule is COCC(C)NC(=O)CN1N=C(C(=O)O)CCC1=O. The highest BCUT2D eigenvalue weighted by atomic mass is 16.5. The highest BCUT2D eigenvalue weighted by molar-refractivity contribution is 6.36. The van der Waals surface area contributed by atoms with Crippen LogP contribution in [0.15, 0.2) is 5.10 Å². The second-order valence-electron chi connectivity index (χ2n) is 4.23. The van der Waals surface area contributed by atoms with Crippen molar-refractivity contribution in [3.8, 4) is 0 Å². The Labute approximate surface area is 110 Å². The maximum atomic E-state index is 11.6. The molecular weight excluding hydrogens is 254 g/mol. The van der Waals surface area contributed by atoms with E-state index in [4.69, 9.17) is 9.84 Å². The van der Waals surface area contributed by atoms with Crippen LogP contribution in [0.5, 0.6) is 0 Å². The number of hydrazone groups is 1. The van der Waals surface area contributed by atoms with Gasteiger partial charge in [0.15, 0.2) is 0 Å². The number of nitrogens with zero attached hydrogens (tertiary/aromatic N) is 2. The van der Waals surface area contributed by atoms with Crippen LogP contribution in [0.1, 0.15) is 19.8 Å². The van der Waals surface area contributed by atoms with Crippen LogP contribution in [0.3, 0.4) is 0 Å². The summed E-state index contributed by atoms with van der Waals surface area (Å²) >= 11 is 0. The molecule has 0 bridgehead atoms. The van der Waals surface area contributed by atoms with E-state index in [1.807, 2.05) is 0 Å². The Hall–Kier alpha value is -1.96. The van der Waals surface area contributed by atoms with E-state index in [2.05, 4.69) is 10.4 Å². The number of carboxylic acid groups (broad SMARTS) is 1. The minimum absolute atomic E-state index is 0.0477. The first-order chi connectivity index (χ1) is 8.93. The summed E-state index contributed by atoms with van der Waals surface area (Å²) in [6, 6.07) is -0.194. The number of hydrogen-bond donors (Lipinski definition) is 2. The minimum Gasteiger partial charge on any atom is -0.477 e. The first-order valence-corrected chi connectivity index (χ1v) is 5.83. The topological polar surface area (TPSA) is 108 Å². The lowest BCUT2D eigenvalue weighted by Crippen LogP contribution is -2.44. The van der Waals surface area contributed by atoms with Crippen LogP contribution in [-0.2, 0) is 19.1 Å². The molecule has 2 N–H and O–H groups in total. The molecule has 2 amide bonds. The van der Waals surface area contributed by atoms with Crippen molar-refractivity contribution in [2.45, 2.75) is 25.8 Å². The third-order valence-corrected chi connectivity index (χ3v) is 2.47. The molecule has 0 aromatic rings. The molecule has 0 aromatic carbocycles. The Kier molecular flexibility index (Phi) is 5.43. The first kappa shape index (κ1) is 15.1. The van der Waals surface area contributed by atoms with E-state index in [1.54, 1.807) is 6.92 Å². The molecule has 0 saturated heterocycles. The Morgan fingerprint density at radius 3 is 2.79 bits per heavy atom. The van der Waals surface area contributed by atoms with E-state index >= 15 is 0 Å². The monoisotopic (exact) mass is 271 g/mol. The van der Waals surface area contributed by atoms with Gasteiger partial charge < -0.3 is 15.2 Å². The number of amides is 2. The summed E-state index contributed by atoms with van der Waals surface area (Å²) in [4.78, 5) is 33.9. The molecule has 0 radical (unpaired) electrons. The number of ether oxygens (including phenoxy) is 1. The van der Waals surface area contributed by atoms with Gasteiger partial charge in [0, 0.05) is 26.0 Å². The summed E-state index contributed by atoms with van der Waals surface area (Å²) < 4.78 is 4.86. The molecule has 19 heavy (non-hydrogen) atoms. The lowest BCUT2D eigenvalue weighted by molar-refractivity contribution is -0.137. The molecule has 0 spiro atoms. The number of methoxy groups -OCH3 is 1. The van der Waals surface area contributed by atoms with Gasteiger partial charge in [0.2, 0.25) is 11.8 Å². The lowest BCUT2D eigenvalue weighted by atomic mass is 10.2. The summed E-state index contributed by atoms with van der Waals surface area (Å²) in [6.45, 7) is 1.82. The summed E-state index contributed by atoms with van der Waals surface area (Å²) in [7, 11) is 1.51. The fourth-order valence-corrected chi connectivity index (χ4v) is 1.63. The van der Waals surface area contributed by atoms with Gasteiger partial charge in [-0.05, 0) is 6.92 Å². The van der Waals surface area contributed by atoms with E-state index in [0.29, 0.717) is 6.61 Å². The zero-order valence-corrected chi connectivity index (χ0v) is 10.9. The van der Waals surface area contributed by atoms with Gasteiger partial charge in [-0.25, -0.2) is 9.80 Å². The first-order valence-electron chi connectivity index (χ1n) is 5.83. The van der Waals surface area contributed by atoms with Crippen molar-refractivity contribution in [3.63, 3.8) is 0 Å². The van der Waals surface area contributed by atoms with Crippen LogP contribution < -0.4 is 5.32 Å². The van der Waals surface area contributed by atoms with E-state index in [-0.39, 0.29) is 37.0 Å². The lowest BCUT2D eigenvalue weighted by Gasteiger charge is -2.22. The maximum absolute atomic E-state index is 11.6.